The van der Waals surface area contributed by atoms with E-state index in [-0.39, 0.29) is 17.9 Å². The molecular weight excluding hydrogens is 506 g/mol. The van der Waals surface area contributed by atoms with Crippen LogP contribution in [-0.4, -0.2) is 53.3 Å². The Morgan fingerprint density at radius 1 is 1.18 bits per heavy atom. The molecule has 0 bridgehead atoms. The van der Waals surface area contributed by atoms with Crippen molar-refractivity contribution < 1.29 is 4.79 Å². The van der Waals surface area contributed by atoms with E-state index >= 15 is 0 Å². The molecule has 2 atom stereocenters. The van der Waals surface area contributed by atoms with Gasteiger partial charge in [-0.2, -0.15) is 0 Å². The Hall–Kier alpha value is -0.790. The van der Waals surface area contributed by atoms with Gasteiger partial charge in [-0.1, -0.05) is 27.5 Å². The molecule has 1 aromatic carbocycles. The first-order valence-electron chi connectivity index (χ1n) is 9.42. The molecule has 7 heteroatoms. The second-order valence-corrected chi connectivity index (χ2v) is 9.87. The van der Waals surface area contributed by atoms with Gasteiger partial charge in [-0.3, -0.25) is 19.6 Å². The fraction of sp³-hybridized carbons (Fsp3) is 0.429. The molecule has 2 aromatic rings. The monoisotopic (exact) mass is 525 g/mol. The Morgan fingerprint density at radius 2 is 1.93 bits per heavy atom. The Labute approximate surface area is 187 Å². The van der Waals surface area contributed by atoms with Gasteiger partial charge in [-0.25, -0.2) is 0 Å². The quantitative estimate of drug-likeness (QED) is 0.570. The van der Waals surface area contributed by atoms with E-state index in [1.165, 1.54) is 16.7 Å². The first-order valence-corrected chi connectivity index (χ1v) is 11.4. The van der Waals surface area contributed by atoms with Crippen molar-refractivity contribution in [2.75, 3.05) is 26.7 Å². The second-order valence-electron chi connectivity index (χ2n) is 7.66. The summed E-state index contributed by atoms with van der Waals surface area (Å²) in [6.45, 7) is 4.12. The number of Topliss-reactive ketones (excluding diaryl/α,β-unsaturated/α-hetero) is 1. The first kappa shape index (κ1) is 20.5. The summed E-state index contributed by atoms with van der Waals surface area (Å²) in [6.07, 6.45) is 3.71. The van der Waals surface area contributed by atoms with Gasteiger partial charge in [0.15, 0.2) is 0 Å². The smallest absolute Gasteiger partial charge is 0.148 e. The summed E-state index contributed by atoms with van der Waals surface area (Å²) in [7, 11) is 2.03. The third-order valence-electron chi connectivity index (χ3n) is 5.86. The Kier molecular flexibility index (Phi) is 5.96. The summed E-state index contributed by atoms with van der Waals surface area (Å²) in [4.78, 5) is 21.6. The van der Waals surface area contributed by atoms with Crippen LogP contribution in [0.2, 0.25) is 5.02 Å². The number of hydrogen-bond acceptors (Lipinski definition) is 4. The van der Waals surface area contributed by atoms with Crippen LogP contribution >= 0.6 is 43.5 Å². The third kappa shape index (κ3) is 3.82. The minimum Gasteiger partial charge on any atom is -0.298 e. The van der Waals surface area contributed by atoms with Gasteiger partial charge in [0.2, 0.25) is 0 Å². The van der Waals surface area contributed by atoms with Crippen molar-refractivity contribution in [3.05, 3.63) is 60.7 Å². The average Bonchev–Trinajstić information content (AvgIpc) is 2.79. The topological polar surface area (TPSA) is 36.4 Å². The van der Waals surface area contributed by atoms with Gasteiger partial charge >= 0.3 is 0 Å². The molecule has 2 heterocycles. The summed E-state index contributed by atoms with van der Waals surface area (Å²) in [5.74, 6) is 0.209. The van der Waals surface area contributed by atoms with Crippen LogP contribution in [0.5, 0.6) is 0 Å². The van der Waals surface area contributed by atoms with Crippen molar-refractivity contribution in [1.82, 2.24) is 14.8 Å². The molecule has 0 spiro atoms. The molecule has 1 aliphatic carbocycles. The summed E-state index contributed by atoms with van der Waals surface area (Å²) in [5, 5.41) is 0.740. The Bertz CT molecular complexity index is 936. The van der Waals surface area contributed by atoms with Gasteiger partial charge in [0.05, 0.1) is 17.8 Å². The summed E-state index contributed by atoms with van der Waals surface area (Å²) in [5.41, 5.74) is 4.80. The van der Waals surface area contributed by atoms with Gasteiger partial charge in [0.25, 0.3) is 0 Å². The molecule has 4 rings (SSSR count). The Balaban J connectivity index is 1.86. The maximum absolute atomic E-state index is 12.2. The van der Waals surface area contributed by atoms with Gasteiger partial charge in [0, 0.05) is 39.8 Å². The number of nitrogens with zero attached hydrogens (tertiary/aromatic N) is 3. The van der Waals surface area contributed by atoms with Crippen LogP contribution in [0.3, 0.4) is 0 Å². The van der Waals surface area contributed by atoms with Gasteiger partial charge in [-0.05, 0) is 77.6 Å². The lowest BCUT2D eigenvalue weighted by Gasteiger charge is -2.42. The molecule has 1 aromatic heterocycles. The number of hydrogen-bond donors (Lipinski definition) is 0. The van der Waals surface area contributed by atoms with Crippen LogP contribution in [0.4, 0.5) is 0 Å². The van der Waals surface area contributed by atoms with Crippen LogP contribution in [0.25, 0.3) is 0 Å². The fourth-order valence-electron chi connectivity index (χ4n) is 4.42. The highest BCUT2D eigenvalue weighted by Crippen LogP contribution is 2.42. The molecule has 148 valence electrons. The van der Waals surface area contributed by atoms with E-state index in [1.54, 1.807) is 6.92 Å². The lowest BCUT2D eigenvalue weighted by Crippen LogP contribution is -2.55. The van der Waals surface area contributed by atoms with E-state index < -0.39 is 0 Å². The van der Waals surface area contributed by atoms with Crippen molar-refractivity contribution in [3.8, 4) is 0 Å². The van der Waals surface area contributed by atoms with E-state index in [2.05, 4.69) is 53.8 Å². The number of carbonyl (C=O) groups excluding carboxylic acids is 1. The zero-order valence-electron chi connectivity index (χ0n) is 15.9. The Morgan fingerprint density at radius 3 is 2.68 bits per heavy atom. The highest BCUT2D eigenvalue weighted by molar-refractivity contribution is 9.10. The van der Waals surface area contributed by atoms with Crippen molar-refractivity contribution in [2.24, 2.45) is 0 Å². The van der Waals surface area contributed by atoms with E-state index in [1.807, 2.05) is 19.3 Å². The highest BCUT2D eigenvalue weighted by atomic mass is 79.9. The fourth-order valence-corrected chi connectivity index (χ4v) is 5.89. The molecular formula is C21H22Br2ClN3O. The lowest BCUT2D eigenvalue weighted by molar-refractivity contribution is -0.124. The maximum Gasteiger partial charge on any atom is 0.148 e. The molecule has 1 aliphatic heterocycles. The molecule has 4 nitrogen and oxygen atoms in total. The number of piperazine rings is 1. The van der Waals surface area contributed by atoms with Crippen LogP contribution in [0.15, 0.2) is 33.3 Å². The number of aryl methyl sites for hydroxylation is 2. The first-order chi connectivity index (χ1) is 13.3. The maximum atomic E-state index is 12.2. The molecule has 2 aliphatic rings. The van der Waals surface area contributed by atoms with Crippen molar-refractivity contribution in [3.63, 3.8) is 0 Å². The molecule has 0 amide bonds. The summed E-state index contributed by atoms with van der Waals surface area (Å²) in [6, 6.07) is 6.13. The van der Waals surface area contributed by atoms with Gasteiger partial charge in [-0.15, -0.1) is 0 Å². The number of ketones is 1. The normalized spacial score (nSPS) is 23.0. The minimum absolute atomic E-state index is 0.00258. The third-order valence-corrected chi connectivity index (χ3v) is 7.17. The SMILES string of the molecule is CC(=O)[C@H]1CN([C@H]2c3ncc(Br)cc3CCc3cc(Cl)cc(Br)c32)CCN1C. The number of rotatable bonds is 2. The van der Waals surface area contributed by atoms with Gasteiger partial charge < -0.3 is 0 Å². The zero-order valence-corrected chi connectivity index (χ0v) is 19.8. The van der Waals surface area contributed by atoms with Crippen molar-refractivity contribution >= 4 is 49.2 Å². The highest BCUT2D eigenvalue weighted by Gasteiger charge is 2.37. The standard InChI is InChI=1S/C21H22Br2ClN3O/c1-12(28)18-11-27(6-5-26(18)2)21-19-13(8-16(24)9-17(19)23)3-4-14-7-15(22)10-25-20(14)21/h7-10,18,21H,3-6,11H2,1-2H3/t18-,21-/m1/s1. The molecule has 1 saturated heterocycles. The predicted octanol–water partition coefficient (Wildman–Crippen LogP) is 4.65. The lowest BCUT2D eigenvalue weighted by atomic mass is 9.95. The molecule has 28 heavy (non-hydrogen) atoms. The van der Waals surface area contributed by atoms with Crippen molar-refractivity contribution in [1.29, 1.82) is 0 Å². The average molecular weight is 528 g/mol. The molecule has 0 unspecified atom stereocenters. The van der Waals surface area contributed by atoms with Crippen LogP contribution < -0.4 is 0 Å². The zero-order chi connectivity index (χ0) is 20.0. The van der Waals surface area contributed by atoms with E-state index in [0.29, 0.717) is 6.54 Å². The summed E-state index contributed by atoms with van der Waals surface area (Å²) >= 11 is 13.7. The molecule has 0 saturated carbocycles. The largest absolute Gasteiger partial charge is 0.298 e. The van der Waals surface area contributed by atoms with Crippen molar-refractivity contribution in [2.45, 2.75) is 31.8 Å². The van der Waals surface area contributed by atoms with Gasteiger partial charge in [0.1, 0.15) is 5.78 Å². The van der Waals surface area contributed by atoms with E-state index in [0.717, 1.165) is 45.6 Å². The minimum atomic E-state index is -0.0922. The number of halogens is 3. The van der Waals surface area contributed by atoms with Crippen LogP contribution in [0, 0.1) is 0 Å². The second kappa shape index (κ2) is 8.15. The van der Waals surface area contributed by atoms with Crippen LogP contribution in [0.1, 0.15) is 35.3 Å². The molecule has 1 fully saturated rings. The van der Waals surface area contributed by atoms with E-state index in [9.17, 15) is 4.79 Å². The molecule has 0 N–H and O–H groups in total. The predicted molar refractivity (Wildman–Crippen MR) is 119 cm³/mol. The van der Waals surface area contributed by atoms with E-state index in [4.69, 9.17) is 16.6 Å². The number of aromatic nitrogens is 1. The summed E-state index contributed by atoms with van der Waals surface area (Å²) < 4.78 is 2.00. The number of pyridine rings is 1. The number of benzene rings is 1. The molecule has 0 radical (unpaired) electrons. The number of carbonyl (C=O) groups is 1. The number of fused-ring (bicyclic) bond motifs is 2. The number of likely N-dealkylation sites (N-methyl/N-ethyl adjacent to an activating group) is 1. The van der Waals surface area contributed by atoms with Crippen LogP contribution in [-0.2, 0) is 17.6 Å².